The summed E-state index contributed by atoms with van der Waals surface area (Å²) in [5.41, 5.74) is 1.43. The third-order valence-electron chi connectivity index (χ3n) is 5.33. The summed E-state index contributed by atoms with van der Waals surface area (Å²) in [7, 11) is 0. The molecule has 1 fully saturated rings. The second-order valence-electron chi connectivity index (χ2n) is 7.14. The number of amides is 2. The van der Waals surface area contributed by atoms with Gasteiger partial charge < -0.3 is 15.3 Å². The van der Waals surface area contributed by atoms with Crippen molar-refractivity contribution >= 4 is 11.8 Å². The molecule has 1 heterocycles. The van der Waals surface area contributed by atoms with E-state index in [0.717, 1.165) is 43.2 Å². The maximum absolute atomic E-state index is 12.7. The van der Waals surface area contributed by atoms with E-state index in [0.29, 0.717) is 13.0 Å². The molecule has 1 aromatic rings. The van der Waals surface area contributed by atoms with Crippen LogP contribution >= 0.6 is 0 Å². The average Bonchev–Trinajstić information content (AvgIpc) is 2.59. The van der Waals surface area contributed by atoms with Crippen molar-refractivity contribution in [3.63, 3.8) is 0 Å². The van der Waals surface area contributed by atoms with E-state index in [9.17, 15) is 14.7 Å². The molecule has 5 heteroatoms. The molecule has 0 bridgehead atoms. The fourth-order valence-electron chi connectivity index (χ4n) is 3.84. The number of carbonyl (C=O) groups excluding carboxylic acids is 2. The Kier molecular flexibility index (Phi) is 4.90. The maximum Gasteiger partial charge on any atom is 0.243 e. The Morgan fingerprint density at radius 3 is 2.54 bits per heavy atom. The van der Waals surface area contributed by atoms with E-state index in [1.54, 1.807) is 4.90 Å². The number of aliphatic hydroxyl groups is 1. The maximum atomic E-state index is 12.7. The summed E-state index contributed by atoms with van der Waals surface area (Å²) in [6.07, 6.45) is 5.15. The van der Waals surface area contributed by atoms with Crippen molar-refractivity contribution in [2.45, 2.75) is 63.6 Å². The Morgan fingerprint density at radius 2 is 1.88 bits per heavy atom. The van der Waals surface area contributed by atoms with Crippen LogP contribution in [0.1, 0.15) is 50.2 Å². The van der Waals surface area contributed by atoms with Gasteiger partial charge in [0.2, 0.25) is 11.8 Å². The van der Waals surface area contributed by atoms with Gasteiger partial charge in [0.1, 0.15) is 6.04 Å². The molecule has 1 aromatic carbocycles. The van der Waals surface area contributed by atoms with E-state index in [2.05, 4.69) is 5.32 Å². The van der Waals surface area contributed by atoms with E-state index in [-0.39, 0.29) is 18.4 Å². The number of nitrogens with zero attached hydrogens (tertiary/aromatic N) is 1. The molecule has 1 aliphatic heterocycles. The highest BCUT2D eigenvalue weighted by Gasteiger charge is 2.35. The molecule has 2 N–H and O–H groups in total. The van der Waals surface area contributed by atoms with E-state index >= 15 is 0 Å². The third kappa shape index (κ3) is 3.61. The highest BCUT2D eigenvalue weighted by molar-refractivity contribution is 5.87. The zero-order valence-corrected chi connectivity index (χ0v) is 14.3. The molecular formula is C19H26N2O3. The van der Waals surface area contributed by atoms with Crippen LogP contribution in [0.15, 0.2) is 24.3 Å². The van der Waals surface area contributed by atoms with Crippen LogP contribution in [0.3, 0.4) is 0 Å². The van der Waals surface area contributed by atoms with Gasteiger partial charge in [-0.05, 0) is 24.0 Å². The number of fused-ring (bicyclic) bond motifs is 1. The average molecular weight is 330 g/mol. The van der Waals surface area contributed by atoms with Crippen molar-refractivity contribution in [3.05, 3.63) is 35.4 Å². The minimum Gasteiger partial charge on any atom is -0.388 e. The Balaban J connectivity index is 1.69. The predicted octanol–water partition coefficient (Wildman–Crippen LogP) is 1.77. The molecule has 0 saturated heterocycles. The second kappa shape index (κ2) is 6.93. The summed E-state index contributed by atoms with van der Waals surface area (Å²) in [6, 6.07) is 7.44. The molecule has 0 aromatic heterocycles. The van der Waals surface area contributed by atoms with Crippen LogP contribution in [-0.4, -0.2) is 40.0 Å². The molecule has 130 valence electrons. The lowest BCUT2D eigenvalue weighted by Crippen LogP contribution is -2.54. The van der Waals surface area contributed by atoms with Crippen LogP contribution in [0.5, 0.6) is 0 Å². The van der Waals surface area contributed by atoms with Crippen molar-refractivity contribution < 1.29 is 14.7 Å². The zero-order chi connectivity index (χ0) is 17.2. The van der Waals surface area contributed by atoms with Gasteiger partial charge in [-0.3, -0.25) is 9.59 Å². The largest absolute Gasteiger partial charge is 0.388 e. The summed E-state index contributed by atoms with van der Waals surface area (Å²) in [6.45, 7) is 2.24. The van der Waals surface area contributed by atoms with Crippen LogP contribution < -0.4 is 5.32 Å². The van der Waals surface area contributed by atoms with E-state index in [1.807, 2.05) is 24.3 Å². The Labute approximate surface area is 143 Å². The van der Waals surface area contributed by atoms with Gasteiger partial charge in [-0.25, -0.2) is 0 Å². The van der Waals surface area contributed by atoms with Crippen LogP contribution in [0, 0.1) is 0 Å². The number of hydrogen-bond donors (Lipinski definition) is 2. The lowest BCUT2D eigenvalue weighted by Gasteiger charge is -2.37. The number of hydrogen-bond acceptors (Lipinski definition) is 3. The van der Waals surface area contributed by atoms with Gasteiger partial charge in [0, 0.05) is 26.4 Å². The Hall–Kier alpha value is -1.88. The van der Waals surface area contributed by atoms with Gasteiger partial charge in [-0.1, -0.05) is 43.5 Å². The SMILES string of the molecule is CC(=O)N1Cc2ccccc2CC1C(=O)NCC1(O)CCCCC1. The van der Waals surface area contributed by atoms with E-state index in [1.165, 1.54) is 6.92 Å². The first-order valence-corrected chi connectivity index (χ1v) is 8.83. The topological polar surface area (TPSA) is 69.6 Å². The number of carbonyl (C=O) groups is 2. The van der Waals surface area contributed by atoms with Crippen LogP contribution in [0.25, 0.3) is 0 Å². The minimum atomic E-state index is -0.790. The molecule has 0 spiro atoms. The molecule has 0 radical (unpaired) electrons. The predicted molar refractivity (Wildman–Crippen MR) is 91.2 cm³/mol. The molecule has 2 amide bonds. The normalized spacial score (nSPS) is 22.6. The second-order valence-corrected chi connectivity index (χ2v) is 7.14. The van der Waals surface area contributed by atoms with Gasteiger partial charge in [0.05, 0.1) is 5.60 Å². The Bertz CT molecular complexity index is 623. The van der Waals surface area contributed by atoms with Crippen LogP contribution in [0.4, 0.5) is 0 Å². The summed E-state index contributed by atoms with van der Waals surface area (Å²) < 4.78 is 0. The van der Waals surface area contributed by atoms with E-state index < -0.39 is 11.6 Å². The standard InChI is InChI=1S/C19H26N2O3/c1-14(22)21-12-16-8-4-3-7-15(16)11-17(21)18(23)20-13-19(24)9-5-2-6-10-19/h3-4,7-8,17,24H,2,5-6,9-13H2,1H3,(H,20,23). The Morgan fingerprint density at radius 1 is 1.21 bits per heavy atom. The monoisotopic (exact) mass is 330 g/mol. The van der Waals surface area contributed by atoms with Crippen molar-refractivity contribution in [2.24, 2.45) is 0 Å². The summed E-state index contributed by atoms with van der Waals surface area (Å²) >= 11 is 0. The first kappa shape index (κ1) is 17.0. The third-order valence-corrected chi connectivity index (χ3v) is 5.33. The molecule has 5 nitrogen and oxygen atoms in total. The van der Waals surface area contributed by atoms with Gasteiger partial charge in [0.15, 0.2) is 0 Å². The number of rotatable bonds is 3. The van der Waals surface area contributed by atoms with Crippen molar-refractivity contribution in [1.82, 2.24) is 10.2 Å². The van der Waals surface area contributed by atoms with Gasteiger partial charge in [-0.15, -0.1) is 0 Å². The van der Waals surface area contributed by atoms with Gasteiger partial charge >= 0.3 is 0 Å². The molecule has 24 heavy (non-hydrogen) atoms. The van der Waals surface area contributed by atoms with Gasteiger partial charge in [-0.2, -0.15) is 0 Å². The summed E-state index contributed by atoms with van der Waals surface area (Å²) in [5.74, 6) is -0.264. The zero-order valence-electron chi connectivity index (χ0n) is 14.3. The highest BCUT2D eigenvalue weighted by Crippen LogP contribution is 2.28. The fourth-order valence-corrected chi connectivity index (χ4v) is 3.84. The molecule has 1 saturated carbocycles. The molecule has 1 unspecified atom stereocenters. The smallest absolute Gasteiger partial charge is 0.243 e. The summed E-state index contributed by atoms with van der Waals surface area (Å²) in [4.78, 5) is 26.3. The molecule has 3 rings (SSSR count). The van der Waals surface area contributed by atoms with E-state index in [4.69, 9.17) is 0 Å². The van der Waals surface area contributed by atoms with Crippen molar-refractivity contribution in [3.8, 4) is 0 Å². The lowest BCUT2D eigenvalue weighted by atomic mass is 9.84. The van der Waals surface area contributed by atoms with Crippen molar-refractivity contribution in [1.29, 1.82) is 0 Å². The summed E-state index contributed by atoms with van der Waals surface area (Å²) in [5, 5.41) is 13.5. The molecule has 1 aliphatic carbocycles. The number of nitrogens with one attached hydrogen (secondary N) is 1. The fraction of sp³-hybridized carbons (Fsp3) is 0.579. The minimum absolute atomic E-state index is 0.0963. The van der Waals surface area contributed by atoms with Crippen LogP contribution in [-0.2, 0) is 22.6 Å². The van der Waals surface area contributed by atoms with Gasteiger partial charge in [0.25, 0.3) is 0 Å². The quantitative estimate of drug-likeness (QED) is 0.887. The lowest BCUT2D eigenvalue weighted by molar-refractivity contribution is -0.140. The van der Waals surface area contributed by atoms with Crippen LogP contribution in [0.2, 0.25) is 0 Å². The molecular weight excluding hydrogens is 304 g/mol. The van der Waals surface area contributed by atoms with Crippen molar-refractivity contribution in [2.75, 3.05) is 6.54 Å². The number of benzene rings is 1. The molecule has 1 atom stereocenters. The highest BCUT2D eigenvalue weighted by atomic mass is 16.3. The first-order valence-electron chi connectivity index (χ1n) is 8.83. The molecule has 2 aliphatic rings. The first-order chi connectivity index (χ1) is 11.5.